The Morgan fingerprint density at radius 3 is 2.53 bits per heavy atom. The molecule has 1 aromatic heterocycles. The largest absolute Gasteiger partial charge is 0.322 e. The Bertz CT molecular complexity index is 1030. The van der Waals surface area contributed by atoms with Crippen LogP contribution in [-0.2, 0) is 13.1 Å². The van der Waals surface area contributed by atoms with Crippen molar-refractivity contribution in [2.75, 3.05) is 18.4 Å². The van der Waals surface area contributed by atoms with Crippen molar-refractivity contribution in [3.8, 4) is 0 Å². The van der Waals surface area contributed by atoms with Crippen LogP contribution in [0.3, 0.4) is 0 Å². The number of carbonyl (C=O) groups is 1. The SMILES string of the molecule is Cc1cccc(CN(C(=O)Nc2cccc(Br)c2)C2CCN(Cc3ccccc3)CC2)n1. The van der Waals surface area contributed by atoms with Crippen molar-refractivity contribution in [1.82, 2.24) is 14.8 Å². The molecule has 166 valence electrons. The van der Waals surface area contributed by atoms with Gasteiger partial charge in [0.25, 0.3) is 0 Å². The smallest absolute Gasteiger partial charge is 0.316 e. The standard InChI is InChI=1S/C26H29BrN4O/c1-20-7-5-12-24(28-20)19-31(26(32)29-23-11-6-10-22(27)17-23)25-13-15-30(16-14-25)18-21-8-3-2-4-9-21/h2-12,17,25H,13-16,18-19H2,1H3,(H,29,32). The molecule has 2 aromatic carbocycles. The molecule has 2 heterocycles. The maximum absolute atomic E-state index is 13.3. The molecule has 4 rings (SSSR count). The predicted molar refractivity (Wildman–Crippen MR) is 132 cm³/mol. The third-order valence-electron chi connectivity index (χ3n) is 5.86. The zero-order valence-electron chi connectivity index (χ0n) is 18.4. The fraction of sp³-hybridized carbons (Fsp3) is 0.308. The number of nitrogens with zero attached hydrogens (tertiary/aromatic N) is 3. The van der Waals surface area contributed by atoms with Crippen molar-refractivity contribution in [3.63, 3.8) is 0 Å². The Morgan fingerprint density at radius 2 is 1.81 bits per heavy atom. The number of aromatic nitrogens is 1. The summed E-state index contributed by atoms with van der Waals surface area (Å²) in [6.45, 7) is 5.39. The zero-order valence-corrected chi connectivity index (χ0v) is 20.0. The summed E-state index contributed by atoms with van der Waals surface area (Å²) in [6, 6.07) is 24.4. The molecule has 0 unspecified atom stereocenters. The maximum Gasteiger partial charge on any atom is 0.322 e. The number of nitrogens with one attached hydrogen (secondary N) is 1. The van der Waals surface area contributed by atoms with Gasteiger partial charge in [-0.05, 0) is 55.7 Å². The number of piperidine rings is 1. The summed E-state index contributed by atoms with van der Waals surface area (Å²) in [5.74, 6) is 0. The molecule has 6 heteroatoms. The average Bonchev–Trinajstić information content (AvgIpc) is 2.79. The van der Waals surface area contributed by atoms with Crippen molar-refractivity contribution in [2.24, 2.45) is 0 Å². The van der Waals surface area contributed by atoms with Crippen LogP contribution in [0.4, 0.5) is 10.5 Å². The highest BCUT2D eigenvalue weighted by molar-refractivity contribution is 9.10. The number of carbonyl (C=O) groups excluding carboxylic acids is 1. The number of hydrogen-bond acceptors (Lipinski definition) is 3. The summed E-state index contributed by atoms with van der Waals surface area (Å²) in [5, 5.41) is 3.08. The first-order valence-electron chi connectivity index (χ1n) is 11.1. The summed E-state index contributed by atoms with van der Waals surface area (Å²) >= 11 is 3.48. The van der Waals surface area contributed by atoms with Crippen molar-refractivity contribution in [2.45, 2.75) is 38.9 Å². The molecule has 1 aliphatic heterocycles. The van der Waals surface area contributed by atoms with E-state index in [1.165, 1.54) is 5.56 Å². The van der Waals surface area contributed by atoms with Crippen LogP contribution in [0.1, 0.15) is 29.8 Å². The lowest BCUT2D eigenvalue weighted by molar-refractivity contribution is 0.119. The Morgan fingerprint density at radius 1 is 1.06 bits per heavy atom. The van der Waals surface area contributed by atoms with Gasteiger partial charge in [0.15, 0.2) is 0 Å². The molecule has 5 nitrogen and oxygen atoms in total. The van der Waals surface area contributed by atoms with E-state index in [4.69, 9.17) is 0 Å². The minimum atomic E-state index is -0.0760. The van der Waals surface area contributed by atoms with Crippen molar-refractivity contribution >= 4 is 27.6 Å². The van der Waals surface area contributed by atoms with Gasteiger partial charge >= 0.3 is 6.03 Å². The van der Waals surface area contributed by atoms with Crippen LogP contribution >= 0.6 is 15.9 Å². The van der Waals surface area contributed by atoms with Crippen molar-refractivity contribution in [1.29, 1.82) is 0 Å². The Balaban J connectivity index is 1.45. The van der Waals surface area contributed by atoms with Crippen LogP contribution in [0.15, 0.2) is 77.3 Å². The normalized spacial score (nSPS) is 14.8. The monoisotopic (exact) mass is 492 g/mol. The topological polar surface area (TPSA) is 48.5 Å². The van der Waals surface area contributed by atoms with E-state index in [1.54, 1.807) is 0 Å². The summed E-state index contributed by atoms with van der Waals surface area (Å²) in [5.41, 5.74) is 4.00. The second-order valence-corrected chi connectivity index (χ2v) is 9.25. The maximum atomic E-state index is 13.3. The number of halogens is 1. The van der Waals surface area contributed by atoms with Crippen molar-refractivity contribution in [3.05, 3.63) is 94.2 Å². The van der Waals surface area contributed by atoms with Gasteiger partial charge in [0, 0.05) is 41.5 Å². The molecule has 0 saturated carbocycles. The van der Waals surface area contributed by atoms with Gasteiger partial charge < -0.3 is 10.2 Å². The number of hydrogen-bond donors (Lipinski definition) is 1. The van der Waals surface area contributed by atoms with Crippen LogP contribution in [0.5, 0.6) is 0 Å². The molecule has 1 saturated heterocycles. The van der Waals surface area contributed by atoms with Gasteiger partial charge in [-0.15, -0.1) is 0 Å². The molecule has 2 amide bonds. The lowest BCUT2D eigenvalue weighted by Gasteiger charge is -2.38. The molecule has 1 N–H and O–H groups in total. The summed E-state index contributed by atoms with van der Waals surface area (Å²) in [6.07, 6.45) is 1.90. The molecule has 0 aliphatic carbocycles. The Hall–Kier alpha value is -2.70. The van der Waals surface area contributed by atoms with E-state index in [-0.39, 0.29) is 12.1 Å². The first-order valence-corrected chi connectivity index (χ1v) is 11.9. The van der Waals surface area contributed by atoms with Crippen molar-refractivity contribution < 1.29 is 4.79 Å². The van der Waals surface area contributed by atoms with E-state index in [1.807, 2.05) is 54.3 Å². The van der Waals surface area contributed by atoms with Gasteiger partial charge in [0.05, 0.1) is 12.2 Å². The van der Waals surface area contributed by atoms with Gasteiger partial charge in [-0.3, -0.25) is 9.88 Å². The Labute approximate surface area is 198 Å². The molecule has 1 fully saturated rings. The minimum absolute atomic E-state index is 0.0760. The highest BCUT2D eigenvalue weighted by Gasteiger charge is 2.28. The molecule has 1 aliphatic rings. The highest BCUT2D eigenvalue weighted by Crippen LogP contribution is 2.23. The van der Waals surface area contributed by atoms with Crippen LogP contribution < -0.4 is 5.32 Å². The molecule has 0 bridgehead atoms. The fourth-order valence-electron chi connectivity index (χ4n) is 4.22. The van der Waals surface area contributed by atoms with Crippen LogP contribution in [0, 0.1) is 6.92 Å². The second-order valence-electron chi connectivity index (χ2n) is 8.33. The van der Waals surface area contributed by atoms with Gasteiger partial charge in [-0.1, -0.05) is 58.4 Å². The predicted octanol–water partition coefficient (Wildman–Crippen LogP) is 5.85. The van der Waals surface area contributed by atoms with Crippen LogP contribution in [-0.4, -0.2) is 39.9 Å². The first-order chi connectivity index (χ1) is 15.6. The molecule has 0 radical (unpaired) electrons. The first kappa shape index (κ1) is 22.5. The van der Waals surface area contributed by atoms with E-state index < -0.39 is 0 Å². The fourth-order valence-corrected chi connectivity index (χ4v) is 4.62. The highest BCUT2D eigenvalue weighted by atomic mass is 79.9. The number of aryl methyl sites for hydroxylation is 1. The molecule has 32 heavy (non-hydrogen) atoms. The number of likely N-dealkylation sites (tertiary alicyclic amines) is 1. The van der Waals surface area contributed by atoms with E-state index in [2.05, 4.69) is 61.5 Å². The van der Waals surface area contributed by atoms with Gasteiger partial charge in [-0.25, -0.2) is 4.79 Å². The third-order valence-corrected chi connectivity index (χ3v) is 6.36. The molecular formula is C26H29BrN4O. The Kier molecular flexibility index (Phi) is 7.55. The van der Waals surface area contributed by atoms with Gasteiger partial charge in [0.2, 0.25) is 0 Å². The summed E-state index contributed by atoms with van der Waals surface area (Å²) in [4.78, 5) is 22.4. The van der Waals surface area contributed by atoms with Gasteiger partial charge in [0.1, 0.15) is 0 Å². The van der Waals surface area contributed by atoms with E-state index in [0.29, 0.717) is 6.54 Å². The third kappa shape index (κ3) is 6.17. The summed E-state index contributed by atoms with van der Waals surface area (Å²) in [7, 11) is 0. The van der Waals surface area contributed by atoms with Gasteiger partial charge in [-0.2, -0.15) is 0 Å². The average molecular weight is 493 g/mol. The minimum Gasteiger partial charge on any atom is -0.316 e. The number of pyridine rings is 1. The summed E-state index contributed by atoms with van der Waals surface area (Å²) < 4.78 is 0.941. The number of benzene rings is 2. The second kappa shape index (κ2) is 10.7. The van der Waals surface area contributed by atoms with Crippen LogP contribution in [0.2, 0.25) is 0 Å². The lowest BCUT2D eigenvalue weighted by Crippen LogP contribution is -2.48. The number of rotatable bonds is 6. The van der Waals surface area contributed by atoms with Crippen LogP contribution in [0.25, 0.3) is 0 Å². The quantitative estimate of drug-likeness (QED) is 0.469. The zero-order chi connectivity index (χ0) is 22.3. The molecule has 0 atom stereocenters. The molecule has 3 aromatic rings. The van der Waals surface area contributed by atoms with E-state index in [9.17, 15) is 4.79 Å². The lowest BCUT2D eigenvalue weighted by atomic mass is 10.0. The molecule has 0 spiro atoms. The molecular weight excluding hydrogens is 464 g/mol. The number of amides is 2. The number of anilines is 1. The van der Waals surface area contributed by atoms with E-state index in [0.717, 1.165) is 54.0 Å². The van der Waals surface area contributed by atoms with E-state index >= 15 is 0 Å². The number of urea groups is 1.